The number of hydrogen-bond acceptors (Lipinski definition) is 6. The lowest BCUT2D eigenvalue weighted by Gasteiger charge is -2.16. The Kier molecular flexibility index (Phi) is 5.40. The van der Waals surface area contributed by atoms with Crippen molar-refractivity contribution in [3.05, 3.63) is 55.0 Å². The van der Waals surface area contributed by atoms with Crippen molar-refractivity contribution in [2.24, 2.45) is 11.3 Å². The number of anilines is 1. The molecule has 1 aliphatic heterocycles. The molecular formula is C26H23F2N5O3. The minimum atomic E-state index is -2.56. The van der Waals surface area contributed by atoms with Gasteiger partial charge in [0.15, 0.2) is 0 Å². The van der Waals surface area contributed by atoms with Gasteiger partial charge in [0.2, 0.25) is 5.91 Å². The van der Waals surface area contributed by atoms with E-state index < -0.39 is 18.4 Å². The molecule has 3 heterocycles. The van der Waals surface area contributed by atoms with Gasteiger partial charge in [0, 0.05) is 34.7 Å². The molecule has 1 amide bonds. The lowest BCUT2D eigenvalue weighted by molar-refractivity contribution is -0.121. The van der Waals surface area contributed by atoms with Crippen LogP contribution in [0.25, 0.3) is 33.4 Å². The van der Waals surface area contributed by atoms with E-state index in [0.717, 1.165) is 12.0 Å². The number of rotatable bonds is 7. The normalized spacial score (nSPS) is 20.5. The summed E-state index contributed by atoms with van der Waals surface area (Å²) in [7, 11) is 1.53. The number of alkyl halides is 2. The topological polar surface area (TPSA) is 91.2 Å². The highest BCUT2D eigenvalue weighted by atomic mass is 19.3. The second-order valence-corrected chi connectivity index (χ2v) is 9.19. The smallest absolute Gasteiger partial charge is 0.257 e. The molecule has 2 aromatic carbocycles. The number of carbonyl (C=O) groups is 1. The Labute approximate surface area is 205 Å². The summed E-state index contributed by atoms with van der Waals surface area (Å²) in [6.07, 6.45) is 1.24. The molecule has 2 aromatic heterocycles. The van der Waals surface area contributed by atoms with Crippen molar-refractivity contribution in [3.63, 3.8) is 0 Å². The largest absolute Gasteiger partial charge is 0.494 e. The van der Waals surface area contributed by atoms with Gasteiger partial charge in [0.1, 0.15) is 24.3 Å². The third-order valence-corrected chi connectivity index (χ3v) is 6.96. The maximum absolute atomic E-state index is 13.2. The zero-order valence-electron chi connectivity index (χ0n) is 19.4. The van der Waals surface area contributed by atoms with Gasteiger partial charge in [0.05, 0.1) is 42.6 Å². The number of halogens is 2. The zero-order chi connectivity index (χ0) is 24.9. The van der Waals surface area contributed by atoms with Gasteiger partial charge in [-0.1, -0.05) is 30.3 Å². The highest BCUT2D eigenvalue weighted by Crippen LogP contribution is 2.57. The first-order valence-corrected chi connectivity index (χ1v) is 11.6. The molecule has 0 bridgehead atoms. The number of ether oxygens (including phenoxy) is 2. The predicted molar refractivity (Wildman–Crippen MR) is 129 cm³/mol. The molecule has 2 fully saturated rings. The van der Waals surface area contributed by atoms with Crippen molar-refractivity contribution >= 4 is 22.5 Å². The van der Waals surface area contributed by atoms with Crippen LogP contribution in [0.1, 0.15) is 6.42 Å². The lowest BCUT2D eigenvalue weighted by Crippen LogP contribution is -2.27. The Morgan fingerprint density at radius 1 is 1.25 bits per heavy atom. The molecule has 1 aliphatic carbocycles. The van der Waals surface area contributed by atoms with Gasteiger partial charge in [-0.25, -0.2) is 18.7 Å². The van der Waals surface area contributed by atoms with Crippen LogP contribution in [0.3, 0.4) is 0 Å². The van der Waals surface area contributed by atoms with Gasteiger partial charge in [-0.3, -0.25) is 9.48 Å². The number of aromatic nitrogens is 4. The molecule has 0 spiro atoms. The van der Waals surface area contributed by atoms with E-state index in [4.69, 9.17) is 9.47 Å². The summed E-state index contributed by atoms with van der Waals surface area (Å²) in [5.41, 5.74) is 2.99. The van der Waals surface area contributed by atoms with Crippen LogP contribution < -0.4 is 10.1 Å². The van der Waals surface area contributed by atoms with Crippen LogP contribution in [-0.2, 0) is 16.1 Å². The number of benzene rings is 2. The molecule has 1 unspecified atom stereocenters. The van der Waals surface area contributed by atoms with Crippen LogP contribution in [0.4, 0.5) is 14.5 Å². The van der Waals surface area contributed by atoms with Gasteiger partial charge in [-0.05, 0) is 12.5 Å². The first-order chi connectivity index (χ1) is 17.5. The molecule has 184 valence electrons. The van der Waals surface area contributed by atoms with E-state index in [1.165, 1.54) is 18.1 Å². The minimum absolute atomic E-state index is 0.101. The molecule has 1 saturated carbocycles. The molecule has 0 radical (unpaired) electrons. The fourth-order valence-corrected chi connectivity index (χ4v) is 4.95. The number of carbonyl (C=O) groups excluding carboxylic acids is 1. The van der Waals surface area contributed by atoms with Gasteiger partial charge < -0.3 is 14.8 Å². The fourth-order valence-electron chi connectivity index (χ4n) is 4.95. The molecule has 2 atom stereocenters. The van der Waals surface area contributed by atoms with Crippen LogP contribution in [0, 0.1) is 11.3 Å². The van der Waals surface area contributed by atoms with Crippen LogP contribution in [-0.4, -0.2) is 52.4 Å². The van der Waals surface area contributed by atoms with Crippen molar-refractivity contribution in [1.29, 1.82) is 0 Å². The molecule has 4 aromatic rings. The second-order valence-electron chi connectivity index (χ2n) is 9.19. The van der Waals surface area contributed by atoms with Crippen molar-refractivity contribution in [2.75, 3.05) is 25.6 Å². The summed E-state index contributed by atoms with van der Waals surface area (Å²) in [4.78, 5) is 22.0. The number of fused-ring (bicyclic) bond motifs is 2. The van der Waals surface area contributed by atoms with Crippen LogP contribution >= 0.6 is 0 Å². The Morgan fingerprint density at radius 2 is 2.08 bits per heavy atom. The zero-order valence-corrected chi connectivity index (χ0v) is 19.4. The lowest BCUT2D eigenvalue weighted by atomic mass is 10.0. The summed E-state index contributed by atoms with van der Waals surface area (Å²) >= 11 is 0. The minimum Gasteiger partial charge on any atom is -0.494 e. The predicted octanol–water partition coefficient (Wildman–Crippen LogP) is 4.41. The second kappa shape index (κ2) is 8.63. The number of methoxy groups -OCH3 is 1. The maximum atomic E-state index is 13.2. The van der Waals surface area contributed by atoms with Gasteiger partial charge >= 0.3 is 0 Å². The molecule has 10 heteroatoms. The monoisotopic (exact) mass is 491 g/mol. The Morgan fingerprint density at radius 3 is 2.78 bits per heavy atom. The van der Waals surface area contributed by atoms with E-state index in [2.05, 4.69) is 20.4 Å². The third-order valence-electron chi connectivity index (χ3n) is 6.96. The first kappa shape index (κ1) is 22.5. The Balaban J connectivity index is 1.47. The third kappa shape index (κ3) is 3.78. The van der Waals surface area contributed by atoms with Crippen LogP contribution in [0.5, 0.6) is 5.75 Å². The molecule has 2 aliphatic rings. The molecule has 1 N–H and O–H groups in total. The summed E-state index contributed by atoms with van der Waals surface area (Å²) < 4.78 is 38.6. The Hall–Kier alpha value is -3.92. The van der Waals surface area contributed by atoms with E-state index in [-0.39, 0.29) is 11.8 Å². The van der Waals surface area contributed by atoms with Gasteiger partial charge in [-0.15, -0.1) is 0 Å². The standard InChI is InChI=1S/C26H23F2N5O3/c1-35-21-8-19-17(7-20(21)31-25(34)26-9-16(26)12-36-13-26)24(30-14-29-19)18-10-33(11-22(27)28)32-23(18)15-5-3-2-4-6-15/h2-8,10,14,16,22H,9,11-13H2,1H3,(H,31,34)/t16-,26?/m1/s1. The van der Waals surface area contributed by atoms with Gasteiger partial charge in [-0.2, -0.15) is 5.10 Å². The van der Waals surface area contributed by atoms with E-state index in [0.29, 0.717) is 52.5 Å². The quantitative estimate of drug-likeness (QED) is 0.412. The summed E-state index contributed by atoms with van der Waals surface area (Å²) in [5.74, 6) is 0.609. The number of nitrogens with one attached hydrogen (secondary N) is 1. The Bertz CT molecular complexity index is 1460. The fraction of sp³-hybridized carbons (Fsp3) is 0.308. The summed E-state index contributed by atoms with van der Waals surface area (Å²) in [6, 6.07) is 12.8. The van der Waals surface area contributed by atoms with Gasteiger partial charge in [0.25, 0.3) is 6.43 Å². The maximum Gasteiger partial charge on any atom is 0.257 e. The molecule has 36 heavy (non-hydrogen) atoms. The van der Waals surface area contributed by atoms with Crippen molar-refractivity contribution in [3.8, 4) is 28.3 Å². The molecular weight excluding hydrogens is 468 g/mol. The van der Waals surface area contributed by atoms with Crippen LogP contribution in [0.15, 0.2) is 55.0 Å². The van der Waals surface area contributed by atoms with Crippen molar-refractivity contribution in [2.45, 2.75) is 19.4 Å². The highest BCUT2D eigenvalue weighted by Gasteiger charge is 2.63. The highest BCUT2D eigenvalue weighted by molar-refractivity contribution is 6.04. The first-order valence-electron chi connectivity index (χ1n) is 11.6. The SMILES string of the molecule is COc1cc2ncnc(-c3cn(CC(F)F)nc3-c3ccccc3)c2cc1NC(=O)C12COC[C@H]1C2. The average Bonchev–Trinajstić information content (AvgIpc) is 3.21. The average molecular weight is 491 g/mol. The molecule has 6 rings (SSSR count). The van der Waals surface area contributed by atoms with Crippen molar-refractivity contribution in [1.82, 2.24) is 19.7 Å². The molecule has 8 nitrogen and oxygen atoms in total. The molecule has 1 saturated heterocycles. The summed E-state index contributed by atoms with van der Waals surface area (Å²) in [6.45, 7) is 0.478. The van der Waals surface area contributed by atoms with E-state index in [1.54, 1.807) is 18.3 Å². The number of hydrogen-bond donors (Lipinski definition) is 1. The van der Waals surface area contributed by atoms with E-state index in [9.17, 15) is 13.6 Å². The van der Waals surface area contributed by atoms with E-state index in [1.807, 2.05) is 30.3 Å². The van der Waals surface area contributed by atoms with Crippen LogP contribution in [0.2, 0.25) is 0 Å². The van der Waals surface area contributed by atoms with Crippen molar-refractivity contribution < 1.29 is 23.0 Å². The van der Waals surface area contributed by atoms with E-state index >= 15 is 0 Å². The summed E-state index contributed by atoms with van der Waals surface area (Å²) in [5, 5.41) is 8.09. The number of nitrogens with zero attached hydrogens (tertiary/aromatic N) is 4. The number of amides is 1.